The molecule has 2 aromatic rings. The summed E-state index contributed by atoms with van der Waals surface area (Å²) in [6.07, 6.45) is 1.70. The molecule has 0 unspecified atom stereocenters. The number of aromatic nitrogens is 1. The number of anilines is 1. The Bertz CT molecular complexity index is 564. The van der Waals surface area contributed by atoms with E-state index in [-0.39, 0.29) is 0 Å². The van der Waals surface area contributed by atoms with Gasteiger partial charge in [0.15, 0.2) is 0 Å². The van der Waals surface area contributed by atoms with E-state index in [1.807, 2.05) is 13.0 Å². The van der Waals surface area contributed by atoms with Crippen LogP contribution in [0.4, 0.5) is 5.69 Å². The average Bonchev–Trinajstić information content (AvgIpc) is 2.37. The van der Waals surface area contributed by atoms with Crippen molar-refractivity contribution in [2.45, 2.75) is 33.3 Å². The first kappa shape index (κ1) is 13.4. The zero-order valence-electron chi connectivity index (χ0n) is 11.7. The largest absolute Gasteiger partial charge is 0.487 e. The third kappa shape index (κ3) is 3.47. The maximum absolute atomic E-state index is 5.85. The monoisotopic (exact) mass is 256 g/mol. The maximum Gasteiger partial charge on any atom is 0.130 e. The first-order chi connectivity index (χ1) is 9.06. The fourth-order valence-electron chi connectivity index (χ4n) is 1.86. The third-order valence-corrected chi connectivity index (χ3v) is 3.10. The van der Waals surface area contributed by atoms with Crippen LogP contribution in [0.3, 0.4) is 0 Å². The summed E-state index contributed by atoms with van der Waals surface area (Å²) in [6.45, 7) is 6.83. The maximum atomic E-state index is 5.85. The van der Waals surface area contributed by atoms with Crippen LogP contribution in [0.5, 0.6) is 5.75 Å². The predicted octanol–water partition coefficient (Wildman–Crippen LogP) is 3.67. The third-order valence-electron chi connectivity index (χ3n) is 3.10. The van der Waals surface area contributed by atoms with E-state index in [2.05, 4.69) is 37.0 Å². The standard InChI is InChI=1S/C16H20N2O/c1-11(2)13-5-4-12(3)16(8-13)19-10-15-9-14(17)6-7-18-15/h4-9,11H,10H2,1-3H3,(H2,17,18). The number of rotatable bonds is 4. The van der Waals surface area contributed by atoms with Gasteiger partial charge in [-0.05, 0) is 42.2 Å². The first-order valence-electron chi connectivity index (χ1n) is 6.50. The summed E-state index contributed by atoms with van der Waals surface area (Å²) in [4.78, 5) is 4.24. The van der Waals surface area contributed by atoms with Crippen molar-refractivity contribution in [1.29, 1.82) is 0 Å². The second kappa shape index (κ2) is 5.74. The van der Waals surface area contributed by atoms with E-state index in [9.17, 15) is 0 Å². The molecule has 3 nitrogen and oxygen atoms in total. The molecule has 2 N–H and O–H groups in total. The lowest BCUT2D eigenvalue weighted by Gasteiger charge is -2.12. The molecule has 0 aliphatic rings. The number of nitrogens with zero attached hydrogens (tertiary/aromatic N) is 1. The molecule has 3 heteroatoms. The number of hydrogen-bond donors (Lipinski definition) is 1. The normalized spacial score (nSPS) is 10.7. The van der Waals surface area contributed by atoms with Gasteiger partial charge in [0.25, 0.3) is 0 Å². The summed E-state index contributed by atoms with van der Waals surface area (Å²) in [6, 6.07) is 9.95. The van der Waals surface area contributed by atoms with Crippen molar-refractivity contribution < 1.29 is 4.74 Å². The van der Waals surface area contributed by atoms with Crippen molar-refractivity contribution in [3.05, 3.63) is 53.3 Å². The fourth-order valence-corrected chi connectivity index (χ4v) is 1.86. The number of nitrogens with two attached hydrogens (primary N) is 1. The molecular weight excluding hydrogens is 236 g/mol. The van der Waals surface area contributed by atoms with Crippen LogP contribution in [0.1, 0.15) is 36.6 Å². The van der Waals surface area contributed by atoms with Crippen LogP contribution in [0.2, 0.25) is 0 Å². The van der Waals surface area contributed by atoms with Crippen molar-refractivity contribution in [1.82, 2.24) is 4.98 Å². The van der Waals surface area contributed by atoms with Crippen molar-refractivity contribution in [2.24, 2.45) is 0 Å². The Hall–Kier alpha value is -2.03. The number of ether oxygens (including phenoxy) is 1. The van der Waals surface area contributed by atoms with Gasteiger partial charge in [-0.15, -0.1) is 0 Å². The summed E-state index contributed by atoms with van der Waals surface area (Å²) in [5, 5.41) is 0. The van der Waals surface area contributed by atoms with Gasteiger partial charge in [-0.3, -0.25) is 4.98 Å². The summed E-state index contributed by atoms with van der Waals surface area (Å²) >= 11 is 0. The SMILES string of the molecule is Cc1ccc(C(C)C)cc1OCc1cc(N)ccn1. The highest BCUT2D eigenvalue weighted by atomic mass is 16.5. The molecule has 0 spiro atoms. The van der Waals surface area contributed by atoms with Gasteiger partial charge in [-0.1, -0.05) is 26.0 Å². The Balaban J connectivity index is 2.12. The van der Waals surface area contributed by atoms with Crippen LogP contribution >= 0.6 is 0 Å². The van der Waals surface area contributed by atoms with E-state index < -0.39 is 0 Å². The van der Waals surface area contributed by atoms with E-state index >= 15 is 0 Å². The van der Waals surface area contributed by atoms with Crippen molar-refractivity contribution in [3.63, 3.8) is 0 Å². The minimum absolute atomic E-state index is 0.438. The number of hydrogen-bond acceptors (Lipinski definition) is 3. The number of nitrogen functional groups attached to an aromatic ring is 1. The molecule has 19 heavy (non-hydrogen) atoms. The molecule has 0 saturated carbocycles. The molecule has 0 aliphatic heterocycles. The number of benzene rings is 1. The second-order valence-corrected chi connectivity index (χ2v) is 5.05. The Morgan fingerprint density at radius 2 is 2.00 bits per heavy atom. The molecule has 1 heterocycles. The Morgan fingerprint density at radius 1 is 1.21 bits per heavy atom. The molecule has 0 fully saturated rings. The highest BCUT2D eigenvalue weighted by molar-refractivity contribution is 5.39. The Labute approximate surface area is 114 Å². The average molecular weight is 256 g/mol. The Morgan fingerprint density at radius 3 is 2.68 bits per heavy atom. The van der Waals surface area contributed by atoms with Gasteiger partial charge in [0.2, 0.25) is 0 Å². The molecule has 1 aromatic carbocycles. The van der Waals surface area contributed by atoms with Crippen molar-refractivity contribution in [3.8, 4) is 5.75 Å². The second-order valence-electron chi connectivity index (χ2n) is 5.05. The molecule has 1 aromatic heterocycles. The Kier molecular flexibility index (Phi) is 4.05. The van der Waals surface area contributed by atoms with Crippen LogP contribution in [-0.2, 0) is 6.61 Å². The summed E-state index contributed by atoms with van der Waals surface area (Å²) in [7, 11) is 0. The van der Waals surface area contributed by atoms with E-state index in [0.29, 0.717) is 18.2 Å². The van der Waals surface area contributed by atoms with E-state index in [1.165, 1.54) is 5.56 Å². The predicted molar refractivity (Wildman–Crippen MR) is 78.2 cm³/mol. The van der Waals surface area contributed by atoms with Gasteiger partial charge in [-0.25, -0.2) is 0 Å². The van der Waals surface area contributed by atoms with Crippen molar-refractivity contribution >= 4 is 5.69 Å². The van der Waals surface area contributed by atoms with E-state index in [4.69, 9.17) is 10.5 Å². The van der Waals surface area contributed by atoms with E-state index in [1.54, 1.807) is 12.3 Å². The number of aryl methyl sites for hydroxylation is 1. The molecule has 0 amide bonds. The highest BCUT2D eigenvalue weighted by Gasteiger charge is 2.05. The smallest absolute Gasteiger partial charge is 0.130 e. The van der Waals surface area contributed by atoms with Crippen LogP contribution in [0, 0.1) is 6.92 Å². The summed E-state index contributed by atoms with van der Waals surface area (Å²) in [5.74, 6) is 1.41. The van der Waals surface area contributed by atoms with Gasteiger partial charge in [0.1, 0.15) is 12.4 Å². The van der Waals surface area contributed by atoms with Gasteiger partial charge in [0.05, 0.1) is 5.69 Å². The van der Waals surface area contributed by atoms with Crippen LogP contribution in [0.25, 0.3) is 0 Å². The minimum Gasteiger partial charge on any atom is -0.487 e. The summed E-state index contributed by atoms with van der Waals surface area (Å²) < 4.78 is 5.85. The molecular formula is C16H20N2O. The van der Waals surface area contributed by atoms with Crippen LogP contribution in [-0.4, -0.2) is 4.98 Å². The minimum atomic E-state index is 0.438. The van der Waals surface area contributed by atoms with Crippen LogP contribution in [0.15, 0.2) is 36.5 Å². The highest BCUT2D eigenvalue weighted by Crippen LogP contribution is 2.25. The van der Waals surface area contributed by atoms with E-state index in [0.717, 1.165) is 17.0 Å². The zero-order valence-corrected chi connectivity index (χ0v) is 11.7. The van der Waals surface area contributed by atoms with Crippen LogP contribution < -0.4 is 10.5 Å². The molecule has 2 rings (SSSR count). The van der Waals surface area contributed by atoms with Gasteiger partial charge < -0.3 is 10.5 Å². The lowest BCUT2D eigenvalue weighted by molar-refractivity contribution is 0.299. The van der Waals surface area contributed by atoms with Crippen molar-refractivity contribution in [2.75, 3.05) is 5.73 Å². The molecule has 0 aliphatic carbocycles. The van der Waals surface area contributed by atoms with Gasteiger partial charge >= 0.3 is 0 Å². The lowest BCUT2D eigenvalue weighted by Crippen LogP contribution is -2.01. The fraction of sp³-hybridized carbons (Fsp3) is 0.312. The number of pyridine rings is 1. The van der Waals surface area contributed by atoms with Gasteiger partial charge in [0, 0.05) is 11.9 Å². The molecule has 0 atom stereocenters. The molecule has 100 valence electrons. The quantitative estimate of drug-likeness (QED) is 0.907. The molecule has 0 saturated heterocycles. The molecule has 0 radical (unpaired) electrons. The topological polar surface area (TPSA) is 48.1 Å². The first-order valence-corrected chi connectivity index (χ1v) is 6.50. The zero-order chi connectivity index (χ0) is 13.8. The molecule has 0 bridgehead atoms. The summed E-state index contributed by atoms with van der Waals surface area (Å²) in [5.41, 5.74) is 9.69. The lowest BCUT2D eigenvalue weighted by atomic mass is 10.0. The van der Waals surface area contributed by atoms with Gasteiger partial charge in [-0.2, -0.15) is 0 Å².